The highest BCUT2D eigenvalue weighted by molar-refractivity contribution is 6.35. The van der Waals surface area contributed by atoms with E-state index in [9.17, 15) is 4.79 Å². The molecule has 2 heterocycles. The quantitative estimate of drug-likeness (QED) is 0.836. The number of nitrogens with one attached hydrogen (secondary N) is 1. The van der Waals surface area contributed by atoms with Crippen molar-refractivity contribution in [3.8, 4) is 5.75 Å². The lowest BCUT2D eigenvalue weighted by Gasteiger charge is -2.27. The Kier molecular flexibility index (Phi) is 6.00. The first kappa shape index (κ1) is 17.8. The zero-order valence-corrected chi connectivity index (χ0v) is 15.2. The van der Waals surface area contributed by atoms with Crippen LogP contribution in [0.4, 0.5) is 11.5 Å². The summed E-state index contributed by atoms with van der Waals surface area (Å²) in [7, 11) is 0. The van der Waals surface area contributed by atoms with Gasteiger partial charge in [-0.2, -0.15) is 0 Å². The number of hydrogen-bond donors (Lipinski definition) is 1. The Hall–Kier alpha value is -1.98. The fourth-order valence-electron chi connectivity index (χ4n) is 2.70. The topological polar surface area (TPSA) is 54.5 Å². The van der Waals surface area contributed by atoms with Gasteiger partial charge in [-0.1, -0.05) is 23.2 Å². The summed E-state index contributed by atoms with van der Waals surface area (Å²) >= 11 is 11.8. The lowest BCUT2D eigenvalue weighted by molar-refractivity contribution is -0.118. The van der Waals surface area contributed by atoms with Crippen LogP contribution in [0, 0.1) is 0 Å². The minimum Gasteiger partial charge on any atom is -0.482 e. The van der Waals surface area contributed by atoms with Crippen molar-refractivity contribution in [3.05, 3.63) is 46.6 Å². The van der Waals surface area contributed by atoms with Crippen molar-refractivity contribution in [3.63, 3.8) is 0 Å². The zero-order valence-electron chi connectivity index (χ0n) is 13.7. The van der Waals surface area contributed by atoms with E-state index >= 15 is 0 Å². The smallest absolute Gasteiger partial charge is 0.262 e. The molecule has 0 spiro atoms. The second-order valence-corrected chi connectivity index (χ2v) is 6.71. The van der Waals surface area contributed by atoms with Gasteiger partial charge in [-0.3, -0.25) is 4.79 Å². The Balaban J connectivity index is 1.52. The first-order valence-electron chi connectivity index (χ1n) is 8.20. The van der Waals surface area contributed by atoms with E-state index in [4.69, 9.17) is 27.9 Å². The van der Waals surface area contributed by atoms with Gasteiger partial charge in [0.15, 0.2) is 6.61 Å². The van der Waals surface area contributed by atoms with Crippen LogP contribution in [-0.2, 0) is 4.79 Å². The van der Waals surface area contributed by atoms with Crippen molar-refractivity contribution < 1.29 is 9.53 Å². The number of pyridine rings is 1. The molecule has 0 unspecified atom stereocenters. The molecule has 1 amide bonds. The number of nitrogens with zero attached hydrogens (tertiary/aromatic N) is 2. The van der Waals surface area contributed by atoms with Gasteiger partial charge in [-0.15, -0.1) is 0 Å². The van der Waals surface area contributed by atoms with Crippen LogP contribution in [0.2, 0.25) is 10.0 Å². The number of halogens is 2. The van der Waals surface area contributed by atoms with E-state index < -0.39 is 0 Å². The SMILES string of the molecule is O=C(COc1ccc(Cl)cc1Cl)Nc1ccc(N2CCCCC2)nc1. The maximum Gasteiger partial charge on any atom is 0.262 e. The molecule has 1 aromatic carbocycles. The summed E-state index contributed by atoms with van der Waals surface area (Å²) in [6, 6.07) is 8.64. The average Bonchev–Trinajstić information content (AvgIpc) is 2.62. The van der Waals surface area contributed by atoms with Crippen LogP contribution < -0.4 is 15.0 Å². The standard InChI is InChI=1S/C18H19Cl2N3O2/c19-13-4-6-16(15(20)10-13)25-12-18(24)22-14-5-7-17(21-11-14)23-8-2-1-3-9-23/h4-7,10-11H,1-3,8-9,12H2,(H,22,24). The van der Waals surface area contributed by atoms with Gasteiger partial charge in [0.1, 0.15) is 11.6 Å². The lowest BCUT2D eigenvalue weighted by Crippen LogP contribution is -2.30. The third-order valence-corrected chi connectivity index (χ3v) is 4.49. The summed E-state index contributed by atoms with van der Waals surface area (Å²) in [5, 5.41) is 3.64. The molecule has 0 bridgehead atoms. The van der Waals surface area contributed by atoms with Crippen molar-refractivity contribution in [2.75, 3.05) is 29.9 Å². The predicted molar refractivity (Wildman–Crippen MR) is 101 cm³/mol. The van der Waals surface area contributed by atoms with E-state index in [2.05, 4.69) is 15.2 Å². The Morgan fingerprint density at radius 1 is 1.16 bits per heavy atom. The number of hydrogen-bond acceptors (Lipinski definition) is 4. The Bertz CT molecular complexity index is 732. The minimum absolute atomic E-state index is 0.144. The van der Waals surface area contributed by atoms with Gasteiger partial charge < -0.3 is 15.0 Å². The van der Waals surface area contributed by atoms with Crippen LogP contribution in [0.3, 0.4) is 0 Å². The molecular weight excluding hydrogens is 361 g/mol. The maximum absolute atomic E-state index is 12.0. The first-order valence-corrected chi connectivity index (χ1v) is 8.96. The van der Waals surface area contributed by atoms with Gasteiger partial charge in [0.25, 0.3) is 5.91 Å². The molecule has 1 N–H and O–H groups in total. The number of carbonyl (C=O) groups is 1. The Morgan fingerprint density at radius 3 is 2.64 bits per heavy atom. The molecule has 1 aliphatic rings. The highest BCUT2D eigenvalue weighted by atomic mass is 35.5. The molecule has 3 rings (SSSR count). The number of aromatic nitrogens is 1. The molecule has 2 aromatic rings. The van der Waals surface area contributed by atoms with Gasteiger partial charge in [0, 0.05) is 18.1 Å². The molecule has 0 atom stereocenters. The van der Waals surface area contributed by atoms with Gasteiger partial charge in [-0.05, 0) is 49.6 Å². The third kappa shape index (κ3) is 5.00. The third-order valence-electron chi connectivity index (χ3n) is 3.96. The van der Waals surface area contributed by atoms with Crippen molar-refractivity contribution >= 4 is 40.6 Å². The summed E-state index contributed by atoms with van der Waals surface area (Å²) in [6.07, 6.45) is 5.34. The van der Waals surface area contributed by atoms with Crippen molar-refractivity contribution in [2.45, 2.75) is 19.3 Å². The highest BCUT2D eigenvalue weighted by Crippen LogP contribution is 2.27. The normalized spacial score (nSPS) is 14.2. The molecule has 132 valence electrons. The molecule has 25 heavy (non-hydrogen) atoms. The van der Waals surface area contributed by atoms with E-state index in [0.29, 0.717) is 21.5 Å². The molecule has 1 aromatic heterocycles. The molecule has 0 radical (unpaired) electrons. The zero-order chi connectivity index (χ0) is 17.6. The van der Waals surface area contributed by atoms with Gasteiger partial charge in [-0.25, -0.2) is 4.98 Å². The van der Waals surface area contributed by atoms with Crippen molar-refractivity contribution in [2.24, 2.45) is 0 Å². The van der Waals surface area contributed by atoms with E-state index in [1.165, 1.54) is 19.3 Å². The number of amides is 1. The summed E-state index contributed by atoms with van der Waals surface area (Å²) in [5.74, 6) is 1.08. The average molecular weight is 380 g/mol. The Morgan fingerprint density at radius 2 is 1.96 bits per heavy atom. The second-order valence-electron chi connectivity index (χ2n) is 5.86. The van der Waals surface area contributed by atoms with Crippen LogP contribution in [0.1, 0.15) is 19.3 Å². The highest BCUT2D eigenvalue weighted by Gasteiger charge is 2.12. The monoisotopic (exact) mass is 379 g/mol. The summed E-state index contributed by atoms with van der Waals surface area (Å²) < 4.78 is 5.41. The second kappa shape index (κ2) is 8.41. The molecule has 0 saturated carbocycles. The number of ether oxygens (including phenoxy) is 1. The fourth-order valence-corrected chi connectivity index (χ4v) is 3.17. The Labute approximate surface area is 156 Å². The maximum atomic E-state index is 12.0. The van der Waals surface area contributed by atoms with Gasteiger partial charge >= 0.3 is 0 Å². The number of benzene rings is 1. The molecule has 1 aliphatic heterocycles. The van der Waals surface area contributed by atoms with Gasteiger partial charge in [0.2, 0.25) is 0 Å². The largest absolute Gasteiger partial charge is 0.482 e. The molecular formula is C18H19Cl2N3O2. The molecule has 1 fully saturated rings. The van der Waals surface area contributed by atoms with E-state index in [0.717, 1.165) is 18.9 Å². The van der Waals surface area contributed by atoms with E-state index in [-0.39, 0.29) is 12.5 Å². The molecule has 5 nitrogen and oxygen atoms in total. The molecule has 0 aliphatic carbocycles. The van der Waals surface area contributed by atoms with Crippen LogP contribution >= 0.6 is 23.2 Å². The van der Waals surface area contributed by atoms with Crippen molar-refractivity contribution in [1.29, 1.82) is 0 Å². The number of piperidine rings is 1. The number of anilines is 2. The van der Waals surface area contributed by atoms with Crippen LogP contribution in [0.15, 0.2) is 36.5 Å². The summed E-state index contributed by atoms with van der Waals surface area (Å²) in [4.78, 5) is 18.7. The number of rotatable bonds is 5. The summed E-state index contributed by atoms with van der Waals surface area (Å²) in [6.45, 7) is 1.93. The van der Waals surface area contributed by atoms with Crippen LogP contribution in [0.25, 0.3) is 0 Å². The number of carbonyl (C=O) groups excluding carboxylic acids is 1. The first-order chi connectivity index (χ1) is 12.1. The molecule has 7 heteroatoms. The van der Waals surface area contributed by atoms with Crippen LogP contribution in [-0.4, -0.2) is 30.6 Å². The lowest BCUT2D eigenvalue weighted by atomic mass is 10.1. The van der Waals surface area contributed by atoms with Gasteiger partial charge in [0.05, 0.1) is 16.9 Å². The summed E-state index contributed by atoms with van der Waals surface area (Å²) in [5.41, 5.74) is 0.636. The predicted octanol–water partition coefficient (Wildman–Crippen LogP) is 4.40. The molecule has 1 saturated heterocycles. The van der Waals surface area contributed by atoms with Crippen LogP contribution in [0.5, 0.6) is 5.75 Å². The fraction of sp³-hybridized carbons (Fsp3) is 0.333. The minimum atomic E-state index is -0.279. The van der Waals surface area contributed by atoms with E-state index in [1.807, 2.05) is 12.1 Å². The van der Waals surface area contributed by atoms with Crippen molar-refractivity contribution in [1.82, 2.24) is 4.98 Å². The van der Waals surface area contributed by atoms with E-state index in [1.54, 1.807) is 24.4 Å².